The summed E-state index contributed by atoms with van der Waals surface area (Å²) < 4.78 is 13.4. The van der Waals surface area contributed by atoms with Gasteiger partial charge in [0.25, 0.3) is 0 Å². The summed E-state index contributed by atoms with van der Waals surface area (Å²) >= 11 is 4.29. The molecular formula is C17H16I2O3. The van der Waals surface area contributed by atoms with E-state index in [9.17, 15) is 5.11 Å². The van der Waals surface area contributed by atoms with Gasteiger partial charge in [-0.1, -0.05) is 19.4 Å². The van der Waals surface area contributed by atoms with Crippen molar-refractivity contribution >= 4 is 45.2 Å². The SMILES string of the molecule is CCCCOc1ccc2c(c1)Oc1c(cc(I)c(O)c1I)C2. The van der Waals surface area contributed by atoms with Gasteiger partial charge in [-0.2, -0.15) is 0 Å². The molecule has 3 nitrogen and oxygen atoms in total. The molecule has 0 saturated carbocycles. The summed E-state index contributed by atoms with van der Waals surface area (Å²) in [6, 6.07) is 7.99. The number of ether oxygens (including phenoxy) is 2. The van der Waals surface area contributed by atoms with Gasteiger partial charge >= 0.3 is 0 Å². The van der Waals surface area contributed by atoms with Crippen molar-refractivity contribution in [2.45, 2.75) is 26.2 Å². The van der Waals surface area contributed by atoms with Crippen LogP contribution in [-0.2, 0) is 6.42 Å². The molecule has 0 fully saturated rings. The second-order valence-electron chi connectivity index (χ2n) is 5.26. The van der Waals surface area contributed by atoms with Gasteiger partial charge in [0.05, 0.1) is 13.7 Å². The minimum Gasteiger partial charge on any atom is -0.506 e. The van der Waals surface area contributed by atoms with Crippen molar-refractivity contribution in [2.24, 2.45) is 0 Å². The summed E-state index contributed by atoms with van der Waals surface area (Å²) in [5, 5.41) is 10.1. The van der Waals surface area contributed by atoms with Gasteiger partial charge in [0.15, 0.2) is 0 Å². The minimum absolute atomic E-state index is 0.291. The lowest BCUT2D eigenvalue weighted by molar-refractivity contribution is 0.307. The lowest BCUT2D eigenvalue weighted by Crippen LogP contribution is -2.06. The van der Waals surface area contributed by atoms with Crippen molar-refractivity contribution in [2.75, 3.05) is 6.61 Å². The van der Waals surface area contributed by atoms with E-state index in [0.717, 1.165) is 61.4 Å². The van der Waals surface area contributed by atoms with Gasteiger partial charge in [-0.15, -0.1) is 0 Å². The number of phenolic OH excluding ortho intramolecular Hbond substituents is 1. The third-order valence-corrected chi connectivity index (χ3v) is 5.45. The molecule has 1 aliphatic rings. The van der Waals surface area contributed by atoms with E-state index in [-0.39, 0.29) is 0 Å². The molecule has 0 saturated heterocycles. The Morgan fingerprint density at radius 2 is 2.05 bits per heavy atom. The highest BCUT2D eigenvalue weighted by Gasteiger charge is 2.23. The maximum absolute atomic E-state index is 10.1. The van der Waals surface area contributed by atoms with Crippen LogP contribution in [0.5, 0.6) is 23.0 Å². The standard InChI is InChI=1S/C17H16I2O3/c1-2-3-6-21-12-5-4-10-7-11-8-13(18)16(20)15(19)17(11)22-14(10)9-12/h4-5,8-9,20H,2-3,6-7H2,1H3. The number of halogens is 2. The van der Waals surface area contributed by atoms with Crippen molar-refractivity contribution < 1.29 is 14.6 Å². The Kier molecular flexibility index (Phi) is 5.01. The van der Waals surface area contributed by atoms with Crippen LogP contribution in [0.25, 0.3) is 0 Å². The van der Waals surface area contributed by atoms with E-state index in [2.05, 4.69) is 58.2 Å². The number of hydrogen-bond donors (Lipinski definition) is 1. The molecule has 3 rings (SSSR count). The van der Waals surface area contributed by atoms with Crippen LogP contribution in [0.2, 0.25) is 0 Å². The van der Waals surface area contributed by atoms with Gasteiger partial charge in [-0.05, 0) is 69.3 Å². The molecule has 0 unspecified atom stereocenters. The second-order valence-corrected chi connectivity index (χ2v) is 7.50. The van der Waals surface area contributed by atoms with Crippen LogP contribution in [0.3, 0.4) is 0 Å². The first-order valence-corrected chi connectivity index (χ1v) is 9.39. The molecule has 1 N–H and O–H groups in total. The summed E-state index contributed by atoms with van der Waals surface area (Å²) in [5.41, 5.74) is 2.26. The minimum atomic E-state index is 0.291. The van der Waals surface area contributed by atoms with Gasteiger partial charge < -0.3 is 14.6 Å². The monoisotopic (exact) mass is 522 g/mol. The summed E-state index contributed by atoms with van der Waals surface area (Å²) in [5.74, 6) is 2.70. The molecule has 0 bridgehead atoms. The molecule has 116 valence electrons. The van der Waals surface area contributed by atoms with E-state index >= 15 is 0 Å². The Morgan fingerprint density at radius 3 is 2.82 bits per heavy atom. The molecular weight excluding hydrogens is 506 g/mol. The summed E-state index contributed by atoms with van der Waals surface area (Å²) in [7, 11) is 0. The van der Waals surface area contributed by atoms with Gasteiger partial charge in [-0.25, -0.2) is 0 Å². The van der Waals surface area contributed by atoms with Crippen molar-refractivity contribution in [1.29, 1.82) is 0 Å². The fraction of sp³-hybridized carbons (Fsp3) is 0.294. The summed E-state index contributed by atoms with van der Waals surface area (Å²) in [4.78, 5) is 0. The topological polar surface area (TPSA) is 38.7 Å². The number of unbranched alkanes of at least 4 members (excludes halogenated alkanes) is 1. The van der Waals surface area contributed by atoms with Crippen LogP contribution in [0, 0.1) is 7.14 Å². The zero-order valence-corrected chi connectivity index (χ0v) is 16.5. The molecule has 22 heavy (non-hydrogen) atoms. The maximum atomic E-state index is 10.1. The lowest BCUT2D eigenvalue weighted by Gasteiger charge is -2.23. The zero-order valence-electron chi connectivity index (χ0n) is 12.2. The first kappa shape index (κ1) is 16.2. The molecule has 0 aliphatic carbocycles. The largest absolute Gasteiger partial charge is 0.506 e. The molecule has 0 aromatic heterocycles. The van der Waals surface area contributed by atoms with E-state index in [0.29, 0.717) is 5.75 Å². The quantitative estimate of drug-likeness (QED) is 0.365. The fourth-order valence-corrected chi connectivity index (χ4v) is 4.31. The Bertz CT molecular complexity index is 714. The molecule has 0 atom stereocenters. The average Bonchev–Trinajstić information content (AvgIpc) is 2.52. The molecule has 2 aromatic rings. The highest BCUT2D eigenvalue weighted by atomic mass is 127. The van der Waals surface area contributed by atoms with Crippen LogP contribution in [0.4, 0.5) is 0 Å². The van der Waals surface area contributed by atoms with Gasteiger partial charge in [0, 0.05) is 18.1 Å². The van der Waals surface area contributed by atoms with Gasteiger partial charge in [0.2, 0.25) is 0 Å². The first-order chi connectivity index (χ1) is 10.6. The fourth-order valence-electron chi connectivity index (χ4n) is 2.40. The van der Waals surface area contributed by atoms with Crippen LogP contribution < -0.4 is 9.47 Å². The molecule has 1 heterocycles. The summed E-state index contributed by atoms with van der Waals surface area (Å²) in [6.45, 7) is 2.87. The zero-order chi connectivity index (χ0) is 15.7. The normalized spacial score (nSPS) is 12.3. The lowest BCUT2D eigenvalue weighted by atomic mass is 10.00. The Labute approximate surface area is 157 Å². The second kappa shape index (κ2) is 6.82. The maximum Gasteiger partial charge on any atom is 0.148 e. The third-order valence-electron chi connectivity index (χ3n) is 3.62. The number of benzene rings is 2. The van der Waals surface area contributed by atoms with Crippen LogP contribution >= 0.6 is 45.2 Å². The van der Waals surface area contributed by atoms with Crippen molar-refractivity contribution in [3.8, 4) is 23.0 Å². The van der Waals surface area contributed by atoms with E-state index in [4.69, 9.17) is 9.47 Å². The van der Waals surface area contributed by atoms with Crippen molar-refractivity contribution in [3.05, 3.63) is 42.5 Å². The van der Waals surface area contributed by atoms with E-state index in [1.54, 1.807) is 0 Å². The predicted octanol–water partition coefficient (Wildman–Crippen LogP) is 5.48. The van der Waals surface area contributed by atoms with Crippen molar-refractivity contribution in [3.63, 3.8) is 0 Å². The number of hydrogen-bond acceptors (Lipinski definition) is 3. The molecule has 1 aliphatic heterocycles. The molecule has 0 radical (unpaired) electrons. The molecule has 2 aromatic carbocycles. The van der Waals surface area contributed by atoms with Crippen LogP contribution in [-0.4, -0.2) is 11.7 Å². The number of aromatic hydroxyl groups is 1. The first-order valence-electron chi connectivity index (χ1n) is 7.23. The number of fused-ring (bicyclic) bond motifs is 2. The Morgan fingerprint density at radius 1 is 1.23 bits per heavy atom. The summed E-state index contributed by atoms with van der Waals surface area (Å²) in [6.07, 6.45) is 2.97. The number of rotatable bonds is 4. The Hall–Kier alpha value is -0.700. The molecule has 5 heteroatoms. The average molecular weight is 522 g/mol. The van der Waals surface area contributed by atoms with Gasteiger partial charge in [0.1, 0.15) is 23.0 Å². The van der Waals surface area contributed by atoms with Gasteiger partial charge in [-0.3, -0.25) is 0 Å². The predicted molar refractivity (Wildman–Crippen MR) is 103 cm³/mol. The van der Waals surface area contributed by atoms with E-state index in [1.807, 2.05) is 18.2 Å². The Balaban J connectivity index is 1.89. The van der Waals surface area contributed by atoms with Crippen molar-refractivity contribution in [1.82, 2.24) is 0 Å². The highest BCUT2D eigenvalue weighted by Crippen LogP contribution is 2.45. The van der Waals surface area contributed by atoms with Crippen LogP contribution in [0.1, 0.15) is 30.9 Å². The highest BCUT2D eigenvalue weighted by molar-refractivity contribution is 14.1. The smallest absolute Gasteiger partial charge is 0.148 e. The number of phenols is 1. The third kappa shape index (κ3) is 3.15. The van der Waals surface area contributed by atoms with Crippen LogP contribution in [0.15, 0.2) is 24.3 Å². The van der Waals surface area contributed by atoms with E-state index in [1.165, 1.54) is 0 Å². The molecule has 0 spiro atoms. The molecule has 0 amide bonds. The van der Waals surface area contributed by atoms with E-state index < -0.39 is 0 Å².